The van der Waals surface area contributed by atoms with Crippen molar-refractivity contribution in [2.24, 2.45) is 4.99 Å². The lowest BCUT2D eigenvalue weighted by molar-refractivity contribution is -0.218. The number of benzene rings is 2. The van der Waals surface area contributed by atoms with Crippen LogP contribution in [0.3, 0.4) is 0 Å². The quantitative estimate of drug-likeness (QED) is 0.637. The number of aliphatic imine (C=N–C) groups is 1. The lowest BCUT2D eigenvalue weighted by Gasteiger charge is -2.33. The van der Waals surface area contributed by atoms with Crippen LogP contribution in [-0.4, -0.2) is 12.1 Å². The van der Waals surface area contributed by atoms with Crippen LogP contribution in [-0.2, 0) is 0 Å². The summed E-state index contributed by atoms with van der Waals surface area (Å²) in [6, 6.07) is 15.4. The molecule has 3 nitrogen and oxygen atoms in total. The van der Waals surface area contributed by atoms with Gasteiger partial charge in [-0.25, -0.2) is 4.99 Å². The largest absolute Gasteiger partial charge is 0.846 e. The normalized spacial score (nSPS) is 11.8. The summed E-state index contributed by atoms with van der Waals surface area (Å²) in [5.41, 5.74) is 3.66. The van der Waals surface area contributed by atoms with Crippen molar-refractivity contribution in [2.45, 2.75) is 33.7 Å². The van der Waals surface area contributed by atoms with Crippen LogP contribution >= 0.6 is 0 Å². The van der Waals surface area contributed by atoms with Crippen molar-refractivity contribution >= 4 is 17.4 Å². The molecule has 0 atom stereocenters. The van der Waals surface area contributed by atoms with Gasteiger partial charge in [0.25, 0.3) is 0 Å². The van der Waals surface area contributed by atoms with Crippen LogP contribution in [0.2, 0.25) is 0 Å². The molecule has 2 aromatic rings. The van der Waals surface area contributed by atoms with Crippen molar-refractivity contribution in [3.8, 4) is 0 Å². The van der Waals surface area contributed by atoms with E-state index in [0.717, 1.165) is 22.5 Å². The van der Waals surface area contributed by atoms with E-state index in [4.69, 9.17) is 0 Å². The minimum Gasteiger partial charge on any atom is -0.846 e. The second-order valence-electron chi connectivity index (χ2n) is 5.43. The first-order valence-corrected chi connectivity index (χ1v) is 7.17. The third-order valence-electron chi connectivity index (χ3n) is 3.40. The summed E-state index contributed by atoms with van der Waals surface area (Å²) in [4.78, 5) is 6.06. The zero-order chi connectivity index (χ0) is 15.4. The molecule has 0 N–H and O–H groups in total. The van der Waals surface area contributed by atoms with Gasteiger partial charge in [-0.05, 0) is 51.0 Å². The summed E-state index contributed by atoms with van der Waals surface area (Å²) in [5, 5.41) is 12.6. The molecule has 110 valence electrons. The third kappa shape index (κ3) is 3.43. The van der Waals surface area contributed by atoms with Gasteiger partial charge in [-0.2, -0.15) is 0 Å². The van der Waals surface area contributed by atoms with Gasteiger partial charge in [-0.3, -0.25) is 0 Å². The van der Waals surface area contributed by atoms with Gasteiger partial charge >= 0.3 is 0 Å². The van der Waals surface area contributed by atoms with Gasteiger partial charge in [0.15, 0.2) is 0 Å². The first kappa shape index (κ1) is 15.1. The SMILES string of the molecule is Cc1cccc(C)c1N=C([O-])N(c1ccccc1)C(C)C. The zero-order valence-corrected chi connectivity index (χ0v) is 13.0. The standard InChI is InChI=1S/C18H22N2O/c1-13(2)20(16-11-6-5-7-12-16)18(21)19-17-14(3)9-8-10-15(17)4/h5-13H,1-4H3,(H,19,21)/p-1. The van der Waals surface area contributed by atoms with Crippen LogP contribution in [0, 0.1) is 13.8 Å². The number of aryl methyl sites for hydroxylation is 2. The first-order valence-electron chi connectivity index (χ1n) is 7.17. The van der Waals surface area contributed by atoms with E-state index in [-0.39, 0.29) is 12.1 Å². The van der Waals surface area contributed by atoms with Crippen molar-refractivity contribution in [3.63, 3.8) is 0 Å². The Balaban J connectivity index is 2.44. The van der Waals surface area contributed by atoms with Crippen LogP contribution in [0.25, 0.3) is 0 Å². The Morgan fingerprint density at radius 2 is 1.52 bits per heavy atom. The van der Waals surface area contributed by atoms with Crippen molar-refractivity contribution in [3.05, 3.63) is 59.7 Å². The number of hydrogen-bond donors (Lipinski definition) is 0. The molecular formula is C18H21N2O-. The summed E-state index contributed by atoms with van der Waals surface area (Å²) >= 11 is 0. The fourth-order valence-electron chi connectivity index (χ4n) is 2.35. The Morgan fingerprint density at radius 3 is 2.05 bits per heavy atom. The molecule has 0 aliphatic heterocycles. The van der Waals surface area contributed by atoms with Gasteiger partial charge in [0.1, 0.15) is 0 Å². The molecule has 0 amide bonds. The van der Waals surface area contributed by atoms with E-state index < -0.39 is 0 Å². The van der Waals surface area contributed by atoms with E-state index in [9.17, 15) is 5.11 Å². The van der Waals surface area contributed by atoms with E-state index >= 15 is 0 Å². The Morgan fingerprint density at radius 1 is 0.952 bits per heavy atom. The maximum absolute atomic E-state index is 12.6. The van der Waals surface area contributed by atoms with Gasteiger partial charge in [-0.15, -0.1) is 0 Å². The second kappa shape index (κ2) is 6.44. The topological polar surface area (TPSA) is 38.7 Å². The summed E-state index contributed by atoms with van der Waals surface area (Å²) < 4.78 is 0. The molecule has 0 aromatic heterocycles. The lowest BCUT2D eigenvalue weighted by atomic mass is 10.1. The number of nitrogens with zero attached hydrogens (tertiary/aromatic N) is 2. The van der Waals surface area contributed by atoms with Crippen LogP contribution < -0.4 is 10.0 Å². The predicted octanol–water partition coefficient (Wildman–Crippen LogP) is 3.57. The fraction of sp³-hybridized carbons (Fsp3) is 0.278. The van der Waals surface area contributed by atoms with E-state index in [1.54, 1.807) is 4.90 Å². The molecule has 0 aliphatic rings. The Kier molecular flexibility index (Phi) is 4.63. The molecule has 0 unspecified atom stereocenters. The molecular weight excluding hydrogens is 260 g/mol. The van der Waals surface area contributed by atoms with Crippen LogP contribution in [0.1, 0.15) is 25.0 Å². The molecule has 0 bridgehead atoms. The smallest absolute Gasteiger partial charge is 0.0698 e. The molecule has 0 radical (unpaired) electrons. The van der Waals surface area contributed by atoms with Gasteiger partial charge < -0.3 is 10.0 Å². The van der Waals surface area contributed by atoms with Crippen LogP contribution in [0.4, 0.5) is 11.4 Å². The summed E-state index contributed by atoms with van der Waals surface area (Å²) in [6.45, 7) is 7.93. The summed E-state index contributed by atoms with van der Waals surface area (Å²) in [5.74, 6) is 0. The van der Waals surface area contributed by atoms with E-state index in [0.29, 0.717) is 0 Å². The molecule has 3 heteroatoms. The minimum atomic E-state index is -0.228. The Labute approximate surface area is 126 Å². The van der Waals surface area contributed by atoms with E-state index in [2.05, 4.69) is 4.99 Å². The average Bonchev–Trinajstić information content (AvgIpc) is 2.44. The second-order valence-corrected chi connectivity index (χ2v) is 5.43. The summed E-state index contributed by atoms with van der Waals surface area (Å²) in [6.07, 6.45) is 0. The number of anilines is 1. The molecule has 0 saturated heterocycles. The van der Waals surface area contributed by atoms with Gasteiger partial charge in [-0.1, -0.05) is 36.4 Å². The van der Waals surface area contributed by atoms with Crippen molar-refractivity contribution < 1.29 is 5.11 Å². The average molecular weight is 281 g/mol. The maximum atomic E-state index is 12.6. The highest BCUT2D eigenvalue weighted by molar-refractivity contribution is 5.91. The van der Waals surface area contributed by atoms with E-state index in [1.165, 1.54) is 0 Å². The first-order chi connectivity index (χ1) is 10.0. The van der Waals surface area contributed by atoms with Gasteiger partial charge in [0.2, 0.25) is 0 Å². The van der Waals surface area contributed by atoms with E-state index in [1.807, 2.05) is 76.2 Å². The van der Waals surface area contributed by atoms with Crippen molar-refractivity contribution in [2.75, 3.05) is 4.90 Å². The van der Waals surface area contributed by atoms with Gasteiger partial charge in [0.05, 0.1) is 11.7 Å². The summed E-state index contributed by atoms with van der Waals surface area (Å²) in [7, 11) is 0. The maximum Gasteiger partial charge on any atom is 0.0698 e. The highest BCUT2D eigenvalue weighted by Crippen LogP contribution is 2.24. The zero-order valence-electron chi connectivity index (χ0n) is 13.0. The molecule has 2 aromatic carbocycles. The number of para-hydroxylation sites is 2. The number of amidine groups is 1. The molecule has 0 spiro atoms. The molecule has 2 rings (SSSR count). The lowest BCUT2D eigenvalue weighted by Crippen LogP contribution is -2.44. The Hall–Kier alpha value is -2.29. The fourth-order valence-corrected chi connectivity index (χ4v) is 2.35. The van der Waals surface area contributed by atoms with Crippen LogP contribution in [0.5, 0.6) is 0 Å². The van der Waals surface area contributed by atoms with Gasteiger partial charge in [0, 0.05) is 11.7 Å². The minimum absolute atomic E-state index is 0.0491. The van der Waals surface area contributed by atoms with Crippen LogP contribution in [0.15, 0.2) is 53.5 Å². The predicted molar refractivity (Wildman–Crippen MR) is 87.1 cm³/mol. The number of hydrogen-bond acceptors (Lipinski definition) is 2. The molecule has 0 fully saturated rings. The van der Waals surface area contributed by atoms with Crippen molar-refractivity contribution in [1.29, 1.82) is 0 Å². The van der Waals surface area contributed by atoms with Crippen molar-refractivity contribution in [1.82, 2.24) is 0 Å². The highest BCUT2D eigenvalue weighted by Gasteiger charge is 2.11. The number of rotatable bonds is 3. The highest BCUT2D eigenvalue weighted by atomic mass is 16.3. The third-order valence-corrected chi connectivity index (χ3v) is 3.40. The monoisotopic (exact) mass is 281 g/mol. The molecule has 21 heavy (non-hydrogen) atoms. The molecule has 0 saturated carbocycles. The Bertz CT molecular complexity index is 613. The molecule has 0 heterocycles. The molecule has 0 aliphatic carbocycles.